The summed E-state index contributed by atoms with van der Waals surface area (Å²) < 4.78 is 5.32. The predicted octanol–water partition coefficient (Wildman–Crippen LogP) is 2.71. The number of aromatic nitrogens is 1. The van der Waals surface area contributed by atoms with E-state index in [9.17, 15) is 4.79 Å². The van der Waals surface area contributed by atoms with Gasteiger partial charge in [0.2, 0.25) is 5.91 Å². The van der Waals surface area contributed by atoms with Crippen molar-refractivity contribution in [1.29, 1.82) is 0 Å². The first kappa shape index (κ1) is 19.9. The van der Waals surface area contributed by atoms with Crippen LogP contribution in [0.1, 0.15) is 30.6 Å². The molecule has 2 fully saturated rings. The van der Waals surface area contributed by atoms with E-state index in [2.05, 4.69) is 9.88 Å². The van der Waals surface area contributed by atoms with Crippen molar-refractivity contribution in [1.82, 2.24) is 14.8 Å². The summed E-state index contributed by atoms with van der Waals surface area (Å²) in [5.74, 6) is 0.875. The summed E-state index contributed by atoms with van der Waals surface area (Å²) >= 11 is 7.99. The standard InChI is InChI=1S/C18H29ClN4O2S/c1-21(2)18-20-17(19)15(26-18)13-22-7-3-4-14(12-22)5-6-16(24)23-8-10-25-11-9-23/h14H,3-13H2,1-2H3. The normalized spacial score (nSPS) is 21.8. The number of amides is 1. The molecule has 3 rings (SSSR count). The molecular weight excluding hydrogens is 372 g/mol. The molecule has 0 saturated carbocycles. The Labute approximate surface area is 165 Å². The molecule has 1 aromatic rings. The quantitative estimate of drug-likeness (QED) is 0.734. The third-order valence-electron chi connectivity index (χ3n) is 5.12. The summed E-state index contributed by atoms with van der Waals surface area (Å²) in [6.07, 6.45) is 4.04. The first-order valence-corrected chi connectivity index (χ1v) is 10.6. The molecule has 1 unspecified atom stereocenters. The van der Waals surface area contributed by atoms with Crippen LogP contribution in [0.5, 0.6) is 0 Å². The van der Waals surface area contributed by atoms with Crippen LogP contribution >= 0.6 is 22.9 Å². The van der Waals surface area contributed by atoms with E-state index in [-0.39, 0.29) is 5.91 Å². The van der Waals surface area contributed by atoms with Crippen LogP contribution in [0.25, 0.3) is 0 Å². The van der Waals surface area contributed by atoms with Crippen molar-refractivity contribution in [3.8, 4) is 0 Å². The van der Waals surface area contributed by atoms with Gasteiger partial charge in [0.05, 0.1) is 18.1 Å². The van der Waals surface area contributed by atoms with Gasteiger partial charge in [-0.2, -0.15) is 0 Å². The van der Waals surface area contributed by atoms with Crippen molar-refractivity contribution in [2.75, 3.05) is 58.4 Å². The van der Waals surface area contributed by atoms with Gasteiger partial charge in [0.15, 0.2) is 5.13 Å². The molecule has 146 valence electrons. The van der Waals surface area contributed by atoms with Gasteiger partial charge < -0.3 is 14.5 Å². The van der Waals surface area contributed by atoms with Crippen LogP contribution in [-0.2, 0) is 16.1 Å². The molecule has 8 heteroatoms. The fraction of sp³-hybridized carbons (Fsp3) is 0.778. The number of ether oxygens (including phenoxy) is 1. The lowest BCUT2D eigenvalue weighted by molar-refractivity contribution is -0.135. The van der Waals surface area contributed by atoms with E-state index >= 15 is 0 Å². The van der Waals surface area contributed by atoms with E-state index in [4.69, 9.17) is 16.3 Å². The van der Waals surface area contributed by atoms with Crippen LogP contribution in [0.15, 0.2) is 0 Å². The number of hydrogen-bond donors (Lipinski definition) is 0. The zero-order valence-corrected chi connectivity index (χ0v) is 17.3. The smallest absolute Gasteiger partial charge is 0.222 e. The maximum atomic E-state index is 12.4. The number of likely N-dealkylation sites (tertiary alicyclic amines) is 1. The fourth-order valence-corrected chi connectivity index (χ4v) is 4.86. The maximum absolute atomic E-state index is 12.4. The van der Waals surface area contributed by atoms with Gasteiger partial charge >= 0.3 is 0 Å². The highest BCUT2D eigenvalue weighted by atomic mass is 35.5. The first-order valence-electron chi connectivity index (χ1n) is 9.43. The molecule has 1 amide bonds. The van der Waals surface area contributed by atoms with Crippen molar-refractivity contribution in [3.05, 3.63) is 10.0 Å². The minimum absolute atomic E-state index is 0.284. The summed E-state index contributed by atoms with van der Waals surface area (Å²) in [5.41, 5.74) is 0. The SMILES string of the molecule is CN(C)c1nc(Cl)c(CN2CCCC(CCC(=O)N3CCOCC3)C2)s1. The van der Waals surface area contributed by atoms with E-state index in [1.54, 1.807) is 11.3 Å². The highest BCUT2D eigenvalue weighted by Crippen LogP contribution is 2.31. The molecule has 2 saturated heterocycles. The Bertz CT molecular complexity index is 604. The number of nitrogens with zero attached hydrogens (tertiary/aromatic N) is 4. The van der Waals surface area contributed by atoms with E-state index < -0.39 is 0 Å². The van der Waals surface area contributed by atoms with Gasteiger partial charge in [0.25, 0.3) is 0 Å². The van der Waals surface area contributed by atoms with E-state index in [0.717, 1.165) is 49.2 Å². The number of thiazole rings is 1. The number of anilines is 1. The average Bonchev–Trinajstić information content (AvgIpc) is 3.02. The molecule has 2 aliphatic heterocycles. The number of piperidine rings is 1. The Hall–Kier alpha value is -0.890. The number of carbonyl (C=O) groups is 1. The van der Waals surface area contributed by atoms with E-state index in [1.165, 1.54) is 12.8 Å². The van der Waals surface area contributed by atoms with Crippen molar-refractivity contribution in [2.45, 2.75) is 32.2 Å². The third kappa shape index (κ3) is 5.31. The Kier molecular flexibility index (Phi) is 7.14. The van der Waals surface area contributed by atoms with Crippen molar-refractivity contribution < 1.29 is 9.53 Å². The summed E-state index contributed by atoms with van der Waals surface area (Å²) in [7, 11) is 3.97. The molecular formula is C18H29ClN4O2S. The van der Waals surface area contributed by atoms with Crippen molar-refractivity contribution in [2.24, 2.45) is 5.92 Å². The molecule has 0 aliphatic carbocycles. The van der Waals surface area contributed by atoms with Gasteiger partial charge in [-0.3, -0.25) is 9.69 Å². The summed E-state index contributed by atoms with van der Waals surface area (Å²) in [5, 5.41) is 1.58. The second-order valence-electron chi connectivity index (χ2n) is 7.38. The summed E-state index contributed by atoms with van der Waals surface area (Å²) in [6.45, 7) is 5.84. The van der Waals surface area contributed by atoms with Crippen LogP contribution < -0.4 is 4.90 Å². The molecule has 1 atom stereocenters. The number of hydrogen-bond acceptors (Lipinski definition) is 6. The van der Waals surface area contributed by atoms with Crippen molar-refractivity contribution >= 4 is 34.0 Å². The molecule has 6 nitrogen and oxygen atoms in total. The van der Waals surface area contributed by atoms with Crippen LogP contribution in [0.3, 0.4) is 0 Å². The van der Waals surface area contributed by atoms with Gasteiger partial charge in [-0.1, -0.05) is 22.9 Å². The van der Waals surface area contributed by atoms with Gasteiger partial charge in [-0.25, -0.2) is 4.98 Å². The van der Waals surface area contributed by atoms with Crippen LogP contribution in [-0.4, -0.2) is 74.2 Å². The van der Waals surface area contributed by atoms with Crippen LogP contribution in [0.2, 0.25) is 5.15 Å². The Morgan fingerprint density at radius 2 is 2.12 bits per heavy atom. The van der Waals surface area contributed by atoms with Gasteiger partial charge in [-0.15, -0.1) is 0 Å². The second-order valence-corrected chi connectivity index (χ2v) is 8.80. The summed E-state index contributed by atoms with van der Waals surface area (Å²) in [6, 6.07) is 0. The number of halogens is 1. The zero-order valence-electron chi connectivity index (χ0n) is 15.7. The van der Waals surface area contributed by atoms with Gasteiger partial charge in [-0.05, 0) is 31.7 Å². The Balaban J connectivity index is 1.47. The van der Waals surface area contributed by atoms with Crippen LogP contribution in [0.4, 0.5) is 5.13 Å². The predicted molar refractivity (Wildman–Crippen MR) is 106 cm³/mol. The molecule has 26 heavy (non-hydrogen) atoms. The largest absolute Gasteiger partial charge is 0.378 e. The fourth-order valence-electron chi connectivity index (χ4n) is 3.64. The van der Waals surface area contributed by atoms with Gasteiger partial charge in [0.1, 0.15) is 5.15 Å². The first-order chi connectivity index (χ1) is 12.5. The zero-order chi connectivity index (χ0) is 18.5. The molecule has 3 heterocycles. The molecule has 1 aromatic heterocycles. The topological polar surface area (TPSA) is 48.9 Å². The van der Waals surface area contributed by atoms with E-state index in [1.807, 2.05) is 23.9 Å². The maximum Gasteiger partial charge on any atom is 0.222 e. The van der Waals surface area contributed by atoms with Gasteiger partial charge in [0, 0.05) is 46.7 Å². The molecule has 2 aliphatic rings. The van der Waals surface area contributed by atoms with E-state index in [0.29, 0.717) is 30.7 Å². The molecule has 0 radical (unpaired) electrons. The second kappa shape index (κ2) is 9.35. The minimum Gasteiger partial charge on any atom is -0.378 e. The molecule has 0 N–H and O–H groups in total. The Morgan fingerprint density at radius 3 is 2.81 bits per heavy atom. The average molecular weight is 401 g/mol. The molecule has 0 bridgehead atoms. The lowest BCUT2D eigenvalue weighted by atomic mass is 9.93. The summed E-state index contributed by atoms with van der Waals surface area (Å²) in [4.78, 5) is 24.3. The lowest BCUT2D eigenvalue weighted by Gasteiger charge is -2.33. The Morgan fingerprint density at radius 1 is 1.35 bits per heavy atom. The lowest BCUT2D eigenvalue weighted by Crippen LogP contribution is -2.41. The molecule has 0 aromatic carbocycles. The third-order valence-corrected chi connectivity index (χ3v) is 6.75. The number of rotatable bonds is 6. The van der Waals surface area contributed by atoms with Crippen molar-refractivity contribution in [3.63, 3.8) is 0 Å². The highest BCUT2D eigenvalue weighted by molar-refractivity contribution is 7.16. The number of carbonyl (C=O) groups excluding carboxylic acids is 1. The molecule has 0 spiro atoms. The monoisotopic (exact) mass is 400 g/mol. The van der Waals surface area contributed by atoms with Crippen LogP contribution in [0, 0.1) is 5.92 Å². The highest BCUT2D eigenvalue weighted by Gasteiger charge is 2.24. The number of morpholine rings is 1. The minimum atomic E-state index is 0.284.